The van der Waals surface area contributed by atoms with Gasteiger partial charge in [-0.15, -0.1) is 0 Å². The van der Waals surface area contributed by atoms with Gasteiger partial charge < -0.3 is 19.5 Å². The van der Waals surface area contributed by atoms with E-state index in [-0.39, 0.29) is 23.1 Å². The Morgan fingerprint density at radius 1 is 1.12 bits per heavy atom. The van der Waals surface area contributed by atoms with Gasteiger partial charge in [0.25, 0.3) is 11.8 Å². The molecule has 0 bridgehead atoms. The van der Waals surface area contributed by atoms with E-state index >= 15 is 0 Å². The van der Waals surface area contributed by atoms with Crippen molar-refractivity contribution in [3.63, 3.8) is 0 Å². The van der Waals surface area contributed by atoms with Crippen LogP contribution >= 0.6 is 0 Å². The first-order valence-corrected chi connectivity index (χ1v) is 11.7. The maximum atomic E-state index is 12.9. The average molecular weight is 440 g/mol. The summed E-state index contributed by atoms with van der Waals surface area (Å²) in [6.45, 7) is 6.60. The Bertz CT molecular complexity index is 944. The Hall–Kier alpha value is -2.83. The number of nitrogens with zero attached hydrogens (tertiary/aromatic N) is 2. The highest BCUT2D eigenvalue weighted by molar-refractivity contribution is 5.97. The molecule has 0 radical (unpaired) electrons. The number of piperidine rings is 1. The van der Waals surface area contributed by atoms with E-state index in [1.807, 2.05) is 43.0 Å². The lowest BCUT2D eigenvalue weighted by Gasteiger charge is -2.42. The summed E-state index contributed by atoms with van der Waals surface area (Å²) in [5.74, 6) is 0.992. The molecule has 0 saturated carbocycles. The summed E-state index contributed by atoms with van der Waals surface area (Å²) in [4.78, 5) is 27.7. The summed E-state index contributed by atoms with van der Waals surface area (Å²) in [6.07, 6.45) is 5.92. The third-order valence-electron chi connectivity index (χ3n) is 6.81. The quantitative estimate of drug-likeness (QED) is 0.750. The number of rotatable bonds is 2. The number of likely N-dealkylation sites (tertiary alicyclic amines) is 1. The Labute approximate surface area is 189 Å². The van der Waals surface area contributed by atoms with Crippen LogP contribution in [-0.4, -0.2) is 48.1 Å². The molecule has 32 heavy (non-hydrogen) atoms. The summed E-state index contributed by atoms with van der Waals surface area (Å²) < 4.78 is 11.2. The number of ether oxygens (including phenoxy) is 1. The molecule has 1 spiro atoms. The molecule has 1 N–H and O–H groups in total. The molecule has 172 valence electrons. The van der Waals surface area contributed by atoms with E-state index in [4.69, 9.17) is 9.26 Å². The van der Waals surface area contributed by atoms with Crippen LogP contribution in [0.15, 0.2) is 34.9 Å². The molecule has 2 aromatic rings. The summed E-state index contributed by atoms with van der Waals surface area (Å²) in [6, 6.07) is 9.18. The van der Waals surface area contributed by atoms with Crippen LogP contribution in [0.2, 0.25) is 0 Å². The number of carbonyl (C=O) groups is 2. The van der Waals surface area contributed by atoms with Gasteiger partial charge >= 0.3 is 0 Å². The number of hydrogen-bond acceptors (Lipinski definition) is 5. The molecule has 3 heterocycles. The minimum atomic E-state index is -0.0954. The molecule has 0 atom stereocenters. The maximum Gasteiger partial charge on any atom is 0.292 e. The van der Waals surface area contributed by atoms with Crippen LogP contribution in [0, 0.1) is 5.41 Å². The summed E-state index contributed by atoms with van der Waals surface area (Å²) in [7, 11) is 0. The number of nitrogens with one attached hydrogen (secondary N) is 1. The van der Waals surface area contributed by atoms with Gasteiger partial charge in [0.2, 0.25) is 5.76 Å². The van der Waals surface area contributed by atoms with E-state index in [1.165, 1.54) is 0 Å². The Morgan fingerprint density at radius 3 is 2.66 bits per heavy atom. The maximum absolute atomic E-state index is 12.9. The van der Waals surface area contributed by atoms with Crippen molar-refractivity contribution in [3.05, 3.63) is 47.3 Å². The van der Waals surface area contributed by atoms with Gasteiger partial charge in [0.1, 0.15) is 5.75 Å². The van der Waals surface area contributed by atoms with Crippen LogP contribution in [0.25, 0.3) is 0 Å². The third-order valence-corrected chi connectivity index (χ3v) is 6.81. The molecule has 2 amide bonds. The van der Waals surface area contributed by atoms with Gasteiger partial charge in [-0.2, -0.15) is 0 Å². The second kappa shape index (κ2) is 9.76. The zero-order valence-electron chi connectivity index (χ0n) is 19.1. The van der Waals surface area contributed by atoms with Crippen molar-refractivity contribution in [2.24, 2.45) is 5.41 Å². The standard InChI is InChI=1S/C25H33N3O4/c1-18(2)20-16-22(32-27-20)24(30)28-13-11-25(12-14-28)10-6-3-7-15-31-21-9-5-4-8-19(21)23(29)26-17-25/h4-5,8-9,16,18H,3,6-7,10-15,17H2,1-2H3,(H,26,29). The zero-order chi connectivity index (χ0) is 22.6. The molecule has 0 aliphatic carbocycles. The molecule has 1 saturated heterocycles. The van der Waals surface area contributed by atoms with Gasteiger partial charge in [0.15, 0.2) is 0 Å². The Morgan fingerprint density at radius 2 is 1.91 bits per heavy atom. The molecule has 0 unspecified atom stereocenters. The van der Waals surface area contributed by atoms with Gasteiger partial charge in [-0.05, 0) is 49.1 Å². The second-order valence-corrected chi connectivity index (χ2v) is 9.40. The van der Waals surface area contributed by atoms with Crippen LogP contribution in [0.4, 0.5) is 0 Å². The van der Waals surface area contributed by atoms with Gasteiger partial charge in [0.05, 0.1) is 17.9 Å². The van der Waals surface area contributed by atoms with Crippen molar-refractivity contribution >= 4 is 11.8 Å². The van der Waals surface area contributed by atoms with Crippen LogP contribution < -0.4 is 10.1 Å². The fourth-order valence-corrected chi connectivity index (χ4v) is 4.62. The monoisotopic (exact) mass is 439 g/mol. The summed E-state index contributed by atoms with van der Waals surface area (Å²) in [5, 5.41) is 7.18. The average Bonchev–Trinajstić information content (AvgIpc) is 3.30. The SMILES string of the molecule is CC(C)c1cc(C(=O)N2CCC3(CCCCCOc4ccccc4C(=O)NC3)CC2)on1. The highest BCUT2D eigenvalue weighted by atomic mass is 16.5. The van der Waals surface area contributed by atoms with Crippen LogP contribution in [-0.2, 0) is 0 Å². The number of fused-ring (bicyclic) bond motifs is 1. The number of hydrogen-bond donors (Lipinski definition) is 1. The van der Waals surface area contributed by atoms with Crippen molar-refractivity contribution in [2.45, 2.75) is 58.3 Å². The van der Waals surface area contributed by atoms with Crippen molar-refractivity contribution < 1.29 is 18.8 Å². The van der Waals surface area contributed by atoms with E-state index in [1.54, 1.807) is 6.07 Å². The van der Waals surface area contributed by atoms with Gasteiger partial charge in [-0.1, -0.05) is 44.0 Å². The van der Waals surface area contributed by atoms with Gasteiger partial charge in [0, 0.05) is 25.7 Å². The number of amides is 2. The smallest absolute Gasteiger partial charge is 0.292 e. The van der Waals surface area contributed by atoms with Crippen molar-refractivity contribution in [3.8, 4) is 5.75 Å². The van der Waals surface area contributed by atoms with Crippen molar-refractivity contribution in [1.29, 1.82) is 0 Å². The molecular weight excluding hydrogens is 406 g/mol. The van der Waals surface area contributed by atoms with Gasteiger partial charge in [-0.25, -0.2) is 0 Å². The number of carbonyl (C=O) groups excluding carboxylic acids is 2. The molecule has 4 rings (SSSR count). The third kappa shape index (κ3) is 4.97. The Kier molecular flexibility index (Phi) is 6.82. The number of benzene rings is 1. The number of aromatic nitrogens is 1. The largest absolute Gasteiger partial charge is 0.493 e. The lowest BCUT2D eigenvalue weighted by Crippen LogP contribution is -2.48. The summed E-state index contributed by atoms with van der Waals surface area (Å²) in [5.41, 5.74) is 1.39. The fraction of sp³-hybridized carbons (Fsp3) is 0.560. The highest BCUT2D eigenvalue weighted by Crippen LogP contribution is 2.37. The molecule has 2 aliphatic rings. The first-order valence-electron chi connectivity index (χ1n) is 11.7. The number of para-hydroxylation sites is 1. The van der Waals surface area contributed by atoms with E-state index in [0.717, 1.165) is 44.2 Å². The summed E-state index contributed by atoms with van der Waals surface area (Å²) >= 11 is 0. The lowest BCUT2D eigenvalue weighted by molar-refractivity contribution is 0.0499. The minimum absolute atomic E-state index is 0.00590. The predicted molar refractivity (Wildman–Crippen MR) is 121 cm³/mol. The van der Waals surface area contributed by atoms with E-state index in [0.29, 0.717) is 43.3 Å². The molecule has 7 heteroatoms. The molecule has 1 aromatic carbocycles. The first-order chi connectivity index (χ1) is 15.5. The van der Waals surface area contributed by atoms with Gasteiger partial charge in [-0.3, -0.25) is 9.59 Å². The topological polar surface area (TPSA) is 84.7 Å². The van der Waals surface area contributed by atoms with Crippen LogP contribution in [0.1, 0.15) is 84.9 Å². The predicted octanol–water partition coefficient (Wildman–Crippen LogP) is 4.40. The lowest BCUT2D eigenvalue weighted by atomic mass is 9.74. The van der Waals surface area contributed by atoms with E-state index in [2.05, 4.69) is 10.5 Å². The van der Waals surface area contributed by atoms with E-state index < -0.39 is 0 Å². The molecule has 2 aliphatic heterocycles. The highest BCUT2D eigenvalue weighted by Gasteiger charge is 2.37. The molecule has 1 aromatic heterocycles. The second-order valence-electron chi connectivity index (χ2n) is 9.40. The molecule has 1 fully saturated rings. The van der Waals surface area contributed by atoms with Crippen molar-refractivity contribution in [2.75, 3.05) is 26.2 Å². The fourth-order valence-electron chi connectivity index (χ4n) is 4.62. The van der Waals surface area contributed by atoms with Crippen LogP contribution in [0.3, 0.4) is 0 Å². The minimum Gasteiger partial charge on any atom is -0.493 e. The Balaban J connectivity index is 1.43. The van der Waals surface area contributed by atoms with Crippen molar-refractivity contribution in [1.82, 2.24) is 15.4 Å². The normalized spacial score (nSPS) is 19.5. The van der Waals surface area contributed by atoms with Crippen LogP contribution in [0.5, 0.6) is 5.75 Å². The first kappa shape index (κ1) is 22.4. The molecular formula is C25H33N3O4. The van der Waals surface area contributed by atoms with E-state index in [9.17, 15) is 9.59 Å². The zero-order valence-corrected chi connectivity index (χ0v) is 19.1. The molecule has 7 nitrogen and oxygen atoms in total.